The van der Waals surface area contributed by atoms with Gasteiger partial charge in [0.25, 0.3) is 11.5 Å². The molecule has 2 rings (SSSR count). The fourth-order valence-electron chi connectivity index (χ4n) is 1.73. The third kappa shape index (κ3) is 3.01. The summed E-state index contributed by atoms with van der Waals surface area (Å²) in [6.45, 7) is -0.309. The predicted molar refractivity (Wildman–Crippen MR) is 71.4 cm³/mol. The second-order valence-electron chi connectivity index (χ2n) is 4.10. The predicted octanol–water partition coefficient (Wildman–Crippen LogP) is -0.473. The zero-order chi connectivity index (χ0) is 14.5. The number of carbonyl (C=O) groups excluding carboxylic acids is 1. The van der Waals surface area contributed by atoms with E-state index >= 15 is 0 Å². The van der Waals surface area contributed by atoms with Gasteiger partial charge in [-0.25, -0.2) is 4.79 Å². The van der Waals surface area contributed by atoms with Gasteiger partial charge in [-0.3, -0.25) is 14.6 Å². The number of hydrogen-bond donors (Lipinski definition) is 4. The molecule has 0 aliphatic carbocycles. The lowest BCUT2D eigenvalue weighted by molar-refractivity contribution is 0.0914. The van der Waals surface area contributed by atoms with Crippen LogP contribution >= 0.6 is 0 Å². The standard InChI is InChI=1S/C13H13N3O4/c17-7-10(8-4-2-1-3-5-8)15-11(18)9-6-14-13(20)16-12(9)19/h1-6,10,17H,7H2,(H,15,18)(H2,14,16,19,20)/t10-/m1/s1. The number of aliphatic hydroxyl groups excluding tert-OH is 1. The van der Waals surface area contributed by atoms with Crippen molar-refractivity contribution in [3.05, 3.63) is 68.5 Å². The summed E-state index contributed by atoms with van der Waals surface area (Å²) >= 11 is 0. The first kappa shape index (κ1) is 13.8. The number of H-pyrrole nitrogens is 2. The number of aromatic amines is 2. The Morgan fingerprint density at radius 1 is 1.25 bits per heavy atom. The van der Waals surface area contributed by atoms with Crippen molar-refractivity contribution >= 4 is 5.91 Å². The molecule has 7 heteroatoms. The van der Waals surface area contributed by atoms with E-state index in [1.165, 1.54) is 0 Å². The van der Waals surface area contributed by atoms with Crippen molar-refractivity contribution in [2.45, 2.75) is 6.04 Å². The summed E-state index contributed by atoms with van der Waals surface area (Å²) in [5.74, 6) is -0.676. The number of carbonyl (C=O) groups is 1. The van der Waals surface area contributed by atoms with Crippen molar-refractivity contribution in [1.29, 1.82) is 0 Å². The summed E-state index contributed by atoms with van der Waals surface area (Å²) in [5, 5.41) is 11.9. The van der Waals surface area contributed by atoms with E-state index in [1.807, 2.05) is 11.1 Å². The van der Waals surface area contributed by atoms with Crippen LogP contribution in [0.15, 0.2) is 46.1 Å². The zero-order valence-electron chi connectivity index (χ0n) is 10.4. The van der Waals surface area contributed by atoms with Gasteiger partial charge < -0.3 is 15.4 Å². The monoisotopic (exact) mass is 275 g/mol. The second-order valence-corrected chi connectivity index (χ2v) is 4.10. The van der Waals surface area contributed by atoms with E-state index in [-0.39, 0.29) is 12.2 Å². The molecule has 0 saturated carbocycles. The van der Waals surface area contributed by atoms with Crippen LogP contribution in [0, 0.1) is 0 Å². The van der Waals surface area contributed by atoms with Gasteiger partial charge in [-0.1, -0.05) is 30.3 Å². The van der Waals surface area contributed by atoms with E-state index in [2.05, 4.69) is 10.3 Å². The van der Waals surface area contributed by atoms with E-state index in [9.17, 15) is 19.5 Å². The number of amides is 1. The third-order valence-corrected chi connectivity index (χ3v) is 2.75. The molecule has 1 aromatic heterocycles. The molecule has 0 saturated heterocycles. The highest BCUT2D eigenvalue weighted by molar-refractivity contribution is 5.93. The molecular weight excluding hydrogens is 262 g/mol. The average molecular weight is 275 g/mol. The van der Waals surface area contributed by atoms with Gasteiger partial charge >= 0.3 is 5.69 Å². The van der Waals surface area contributed by atoms with Gasteiger partial charge in [0.15, 0.2) is 0 Å². The topological polar surface area (TPSA) is 115 Å². The summed E-state index contributed by atoms with van der Waals surface area (Å²) in [5.41, 5.74) is -0.979. The smallest absolute Gasteiger partial charge is 0.325 e. The van der Waals surface area contributed by atoms with Gasteiger partial charge in [0.2, 0.25) is 0 Å². The van der Waals surface area contributed by atoms with Crippen LogP contribution in [0.5, 0.6) is 0 Å². The van der Waals surface area contributed by atoms with Crippen molar-refractivity contribution in [3.8, 4) is 0 Å². The molecule has 1 amide bonds. The molecule has 0 bridgehead atoms. The maximum Gasteiger partial charge on any atom is 0.325 e. The molecule has 20 heavy (non-hydrogen) atoms. The average Bonchev–Trinajstić information content (AvgIpc) is 2.45. The number of aromatic nitrogens is 2. The third-order valence-electron chi connectivity index (χ3n) is 2.75. The Balaban J connectivity index is 2.22. The van der Waals surface area contributed by atoms with Crippen LogP contribution in [0.25, 0.3) is 0 Å². The van der Waals surface area contributed by atoms with Crippen molar-refractivity contribution < 1.29 is 9.90 Å². The van der Waals surface area contributed by atoms with E-state index in [0.29, 0.717) is 5.56 Å². The van der Waals surface area contributed by atoms with Crippen LogP contribution in [-0.4, -0.2) is 27.6 Å². The minimum Gasteiger partial charge on any atom is -0.394 e. The van der Waals surface area contributed by atoms with Crippen molar-refractivity contribution in [3.63, 3.8) is 0 Å². The molecule has 4 N–H and O–H groups in total. The molecular formula is C13H13N3O4. The maximum absolute atomic E-state index is 12.0. The molecule has 1 heterocycles. The highest BCUT2D eigenvalue weighted by Crippen LogP contribution is 2.11. The molecule has 0 radical (unpaired) electrons. The summed E-state index contributed by atoms with van der Waals surface area (Å²) in [4.78, 5) is 38.5. The molecule has 0 spiro atoms. The van der Waals surface area contributed by atoms with Gasteiger partial charge in [0, 0.05) is 6.20 Å². The number of benzene rings is 1. The van der Waals surface area contributed by atoms with Crippen LogP contribution in [0.4, 0.5) is 0 Å². The van der Waals surface area contributed by atoms with Crippen LogP contribution in [0.2, 0.25) is 0 Å². The summed E-state index contributed by atoms with van der Waals surface area (Å²) in [6, 6.07) is 8.23. The Morgan fingerprint density at radius 3 is 2.55 bits per heavy atom. The van der Waals surface area contributed by atoms with E-state index in [4.69, 9.17) is 0 Å². The van der Waals surface area contributed by atoms with Gasteiger partial charge in [-0.15, -0.1) is 0 Å². The van der Waals surface area contributed by atoms with Gasteiger partial charge in [0.05, 0.1) is 12.6 Å². The van der Waals surface area contributed by atoms with Crippen molar-refractivity contribution in [2.75, 3.05) is 6.61 Å². The first-order valence-electron chi connectivity index (χ1n) is 5.90. The Morgan fingerprint density at radius 2 is 1.95 bits per heavy atom. The lowest BCUT2D eigenvalue weighted by Crippen LogP contribution is -2.36. The molecule has 1 aromatic carbocycles. The van der Waals surface area contributed by atoms with Crippen LogP contribution in [-0.2, 0) is 0 Å². The molecule has 2 aromatic rings. The van der Waals surface area contributed by atoms with Crippen molar-refractivity contribution in [1.82, 2.24) is 15.3 Å². The molecule has 0 aliphatic rings. The number of rotatable bonds is 4. The first-order chi connectivity index (χ1) is 9.61. The zero-order valence-corrected chi connectivity index (χ0v) is 10.4. The Bertz CT molecular complexity index is 705. The Kier molecular flexibility index (Phi) is 4.11. The largest absolute Gasteiger partial charge is 0.394 e. The molecule has 0 unspecified atom stereocenters. The highest BCUT2D eigenvalue weighted by atomic mass is 16.3. The fourth-order valence-corrected chi connectivity index (χ4v) is 1.73. The number of hydrogen-bond acceptors (Lipinski definition) is 4. The summed E-state index contributed by atoms with van der Waals surface area (Å²) in [6.07, 6.45) is 1.04. The lowest BCUT2D eigenvalue weighted by atomic mass is 10.1. The van der Waals surface area contributed by atoms with Crippen LogP contribution < -0.4 is 16.6 Å². The number of nitrogens with one attached hydrogen (secondary N) is 3. The highest BCUT2D eigenvalue weighted by Gasteiger charge is 2.17. The van der Waals surface area contributed by atoms with Gasteiger partial charge in [0.1, 0.15) is 5.56 Å². The van der Waals surface area contributed by atoms with E-state index in [1.54, 1.807) is 24.3 Å². The normalized spacial score (nSPS) is 11.8. The summed E-state index contributed by atoms with van der Waals surface area (Å²) < 4.78 is 0. The minimum absolute atomic E-state index is 0.223. The Labute approximate surface area is 113 Å². The summed E-state index contributed by atoms with van der Waals surface area (Å²) in [7, 11) is 0. The molecule has 1 atom stereocenters. The van der Waals surface area contributed by atoms with Crippen LogP contribution in [0.3, 0.4) is 0 Å². The fraction of sp³-hybridized carbons (Fsp3) is 0.154. The number of aliphatic hydroxyl groups is 1. The minimum atomic E-state index is -0.781. The first-order valence-corrected chi connectivity index (χ1v) is 5.90. The molecule has 104 valence electrons. The van der Waals surface area contributed by atoms with Gasteiger partial charge in [-0.05, 0) is 5.56 Å². The quantitative estimate of drug-likeness (QED) is 0.603. The second kappa shape index (κ2) is 5.98. The van der Waals surface area contributed by atoms with Crippen molar-refractivity contribution in [2.24, 2.45) is 0 Å². The van der Waals surface area contributed by atoms with E-state index < -0.39 is 23.2 Å². The SMILES string of the molecule is O=C(N[C@H](CO)c1ccccc1)c1c[nH]c(=O)[nH]c1=O. The maximum atomic E-state index is 12.0. The van der Waals surface area contributed by atoms with Crippen LogP contribution in [0.1, 0.15) is 22.0 Å². The molecule has 0 fully saturated rings. The Hall–Kier alpha value is -2.67. The molecule has 0 aliphatic heterocycles. The molecule has 7 nitrogen and oxygen atoms in total. The van der Waals surface area contributed by atoms with Gasteiger partial charge in [-0.2, -0.15) is 0 Å². The lowest BCUT2D eigenvalue weighted by Gasteiger charge is -2.16. The van der Waals surface area contributed by atoms with E-state index in [0.717, 1.165) is 6.20 Å².